The Kier molecular flexibility index (Phi) is 13.7. The third-order valence-electron chi connectivity index (χ3n) is 19.0. The monoisotopic (exact) mass is 929 g/mol. The Balaban J connectivity index is 1.02. The normalized spacial score (nSPS) is 54.3. The van der Waals surface area contributed by atoms with Crippen molar-refractivity contribution in [2.24, 2.45) is 50.2 Å². The molecule has 11 N–H and O–H groups in total. The average molecular weight is 929 g/mol. The van der Waals surface area contributed by atoms with E-state index in [0.29, 0.717) is 25.7 Å². The van der Waals surface area contributed by atoms with E-state index >= 15 is 0 Å². The maximum absolute atomic E-state index is 14.9. The van der Waals surface area contributed by atoms with E-state index < -0.39 is 122 Å². The fraction of sp³-hybridized carbons (Fsp3) is 0.936. The Morgan fingerprint density at radius 3 is 2.00 bits per heavy atom. The van der Waals surface area contributed by atoms with Crippen molar-refractivity contribution >= 4 is 5.97 Å². The van der Waals surface area contributed by atoms with Crippen LogP contribution in [0.5, 0.6) is 0 Å². The first kappa shape index (κ1) is 50.0. The van der Waals surface area contributed by atoms with Gasteiger partial charge in [-0.2, -0.15) is 0 Å². The lowest BCUT2D eigenvalue weighted by molar-refractivity contribution is -0.328. The second kappa shape index (κ2) is 17.8. The minimum atomic E-state index is -1.81. The van der Waals surface area contributed by atoms with Crippen molar-refractivity contribution in [2.75, 3.05) is 26.4 Å². The van der Waals surface area contributed by atoms with Crippen LogP contribution in [0.25, 0.3) is 0 Å². The molecule has 0 bridgehead atoms. The lowest BCUT2D eigenvalue weighted by Crippen LogP contribution is -2.67. The third-order valence-corrected chi connectivity index (χ3v) is 19.0. The quantitative estimate of drug-likeness (QED) is 0.0808. The van der Waals surface area contributed by atoms with Gasteiger partial charge in [0.2, 0.25) is 6.29 Å². The smallest absolute Gasteiger partial charge is 0.315 e. The highest BCUT2D eigenvalue weighted by molar-refractivity contribution is 5.79. The van der Waals surface area contributed by atoms with E-state index in [1.54, 1.807) is 0 Å². The molecule has 3 aliphatic heterocycles. The lowest BCUT2D eigenvalue weighted by Gasteiger charge is -2.71. The van der Waals surface area contributed by atoms with Crippen LogP contribution in [-0.4, -0.2) is 181 Å². The van der Waals surface area contributed by atoms with Crippen molar-refractivity contribution in [2.45, 2.75) is 198 Å². The molecule has 0 radical (unpaired) electrons. The molecule has 0 aromatic carbocycles. The summed E-state index contributed by atoms with van der Waals surface area (Å²) in [7, 11) is 0. The molecule has 0 aromatic rings. The predicted molar refractivity (Wildman–Crippen MR) is 226 cm³/mol. The fourth-order valence-electron chi connectivity index (χ4n) is 14.7. The van der Waals surface area contributed by atoms with Gasteiger partial charge in [-0.1, -0.05) is 53.2 Å². The molecule has 372 valence electrons. The highest BCUT2D eigenvalue weighted by Gasteiger charge is 2.70. The van der Waals surface area contributed by atoms with Crippen LogP contribution in [0.15, 0.2) is 11.6 Å². The molecule has 23 atom stereocenters. The van der Waals surface area contributed by atoms with Crippen LogP contribution in [0.2, 0.25) is 0 Å². The Morgan fingerprint density at radius 2 is 1.32 bits per heavy atom. The average Bonchev–Trinajstić information content (AvgIpc) is 3.26. The number of allylic oxidation sites excluding steroid dienone is 2. The number of carbonyl (C=O) groups excluding carboxylic acids is 1. The Bertz CT molecular complexity index is 1760. The zero-order chi connectivity index (χ0) is 47.4. The van der Waals surface area contributed by atoms with E-state index in [0.717, 1.165) is 38.5 Å². The molecule has 65 heavy (non-hydrogen) atoms. The van der Waals surface area contributed by atoms with Gasteiger partial charge in [-0.25, -0.2) is 0 Å². The van der Waals surface area contributed by atoms with Gasteiger partial charge in [0.05, 0.1) is 37.9 Å². The second-order valence-electron chi connectivity index (χ2n) is 22.9. The van der Waals surface area contributed by atoms with Gasteiger partial charge < -0.3 is 84.6 Å². The standard InChI is InChI=1S/C47H76O18/c1-42(2)13-15-47(41(59)65-40-37(58)34(55)32(53)26(63-40)20-61-38-36(57)33(54)31(52)25(18-48)62-38)16-14-45(5)22(23(47)17-42)7-8-28-43(3)11-10-29(64-39-35(56)30(51)24(50)19-60-39)44(4,21-49)27(43)9-12-46(28,45)6/h7,23-40,48-58H,8-21H2,1-6H3/t23-,24+,25-,26-,27-,28-,29+,30+,31-,32-,33+,34+,35-,36-,37-,38-,39+,40+,43-,44+,45-,46-,47+/m1/s1. The van der Waals surface area contributed by atoms with E-state index in [9.17, 15) is 61.0 Å². The summed E-state index contributed by atoms with van der Waals surface area (Å²) in [6.45, 7) is 12.1. The SMILES string of the molecule is CC1(C)CC[C@]2(C(=O)O[C@@H]3O[C@H](CO[C@@H]4O[C@H](CO)[C@@H](O)[C@H](O)[C@H]4O)[C@@H](O)[C@H](O)[C@H]3O)CC[C@]3(C)C(=CC[C@@H]4[C@]5(C)CC[C@H](O[C@@H]6OC[C@H](O)[C@H](O)[C@H]6O)[C@@](C)(CO)[C@@H]5CC[C@]43C)[C@H]2C1. The summed E-state index contributed by atoms with van der Waals surface area (Å²) in [5.74, 6) is -0.485. The summed E-state index contributed by atoms with van der Waals surface area (Å²) in [6.07, 6.45) is -12.5. The van der Waals surface area contributed by atoms with Crippen molar-refractivity contribution in [1.29, 1.82) is 0 Å². The molecule has 0 aromatic heterocycles. The van der Waals surface area contributed by atoms with Crippen LogP contribution in [-0.2, 0) is 33.2 Å². The first-order chi connectivity index (χ1) is 30.4. The van der Waals surface area contributed by atoms with Crippen molar-refractivity contribution in [3.8, 4) is 0 Å². The van der Waals surface area contributed by atoms with Crippen LogP contribution in [0.1, 0.15) is 106 Å². The van der Waals surface area contributed by atoms with Gasteiger partial charge in [0, 0.05) is 5.41 Å². The number of esters is 1. The van der Waals surface area contributed by atoms with Crippen molar-refractivity contribution in [3.05, 3.63) is 11.6 Å². The number of hydrogen-bond donors (Lipinski definition) is 11. The van der Waals surface area contributed by atoms with Gasteiger partial charge >= 0.3 is 5.97 Å². The molecular formula is C47H76O18. The van der Waals surface area contributed by atoms with Gasteiger partial charge in [-0.15, -0.1) is 0 Å². The van der Waals surface area contributed by atoms with Crippen LogP contribution in [0, 0.1) is 50.2 Å². The molecule has 3 saturated heterocycles. The van der Waals surface area contributed by atoms with Crippen molar-refractivity contribution in [1.82, 2.24) is 0 Å². The van der Waals surface area contributed by atoms with Gasteiger partial charge in [0.15, 0.2) is 12.6 Å². The molecule has 8 aliphatic rings. The molecule has 0 spiro atoms. The number of fused-ring (bicyclic) bond motifs is 7. The van der Waals surface area contributed by atoms with Crippen LogP contribution in [0.3, 0.4) is 0 Å². The van der Waals surface area contributed by atoms with Crippen molar-refractivity contribution < 1.29 is 89.4 Å². The highest BCUT2D eigenvalue weighted by atomic mass is 16.7. The van der Waals surface area contributed by atoms with Gasteiger partial charge in [0.25, 0.3) is 0 Å². The van der Waals surface area contributed by atoms with Crippen LogP contribution in [0.4, 0.5) is 0 Å². The number of carbonyl (C=O) groups is 1. The van der Waals surface area contributed by atoms with Crippen LogP contribution >= 0.6 is 0 Å². The number of aliphatic hydroxyl groups is 11. The van der Waals surface area contributed by atoms with E-state index in [4.69, 9.17) is 28.4 Å². The first-order valence-electron chi connectivity index (χ1n) is 23.9. The third kappa shape index (κ3) is 7.89. The molecule has 0 amide bonds. The van der Waals surface area contributed by atoms with Crippen LogP contribution < -0.4 is 0 Å². The fourth-order valence-corrected chi connectivity index (χ4v) is 14.7. The first-order valence-corrected chi connectivity index (χ1v) is 23.9. The zero-order valence-electron chi connectivity index (χ0n) is 38.6. The maximum Gasteiger partial charge on any atom is 0.315 e. The molecule has 5 aliphatic carbocycles. The molecule has 7 fully saturated rings. The minimum Gasteiger partial charge on any atom is -0.432 e. The maximum atomic E-state index is 14.9. The minimum absolute atomic E-state index is 0.0557. The van der Waals surface area contributed by atoms with Gasteiger partial charge in [-0.05, 0) is 104 Å². The largest absolute Gasteiger partial charge is 0.432 e. The Morgan fingerprint density at radius 1 is 0.692 bits per heavy atom. The number of ether oxygens (including phenoxy) is 6. The van der Waals surface area contributed by atoms with Gasteiger partial charge in [-0.3, -0.25) is 4.79 Å². The lowest BCUT2D eigenvalue weighted by atomic mass is 9.33. The molecule has 0 unspecified atom stereocenters. The van der Waals surface area contributed by atoms with E-state index in [1.165, 1.54) is 5.57 Å². The topological polar surface area (TPSA) is 295 Å². The summed E-state index contributed by atoms with van der Waals surface area (Å²) in [5.41, 5.74) is -1.23. The second-order valence-corrected chi connectivity index (χ2v) is 22.9. The Hall–Kier alpha value is -1.43. The van der Waals surface area contributed by atoms with E-state index in [-0.39, 0.29) is 52.6 Å². The number of aliphatic hydroxyl groups excluding tert-OH is 11. The van der Waals surface area contributed by atoms with E-state index in [1.807, 2.05) is 0 Å². The van der Waals surface area contributed by atoms with E-state index in [2.05, 4.69) is 47.6 Å². The zero-order valence-corrected chi connectivity index (χ0v) is 38.6. The molecule has 8 rings (SSSR count). The Labute approximate surface area is 380 Å². The number of hydrogen-bond acceptors (Lipinski definition) is 18. The summed E-state index contributed by atoms with van der Waals surface area (Å²) in [6, 6.07) is 0. The highest BCUT2D eigenvalue weighted by Crippen LogP contribution is 2.76. The molecule has 18 heteroatoms. The summed E-state index contributed by atoms with van der Waals surface area (Å²) < 4.78 is 35.2. The summed E-state index contributed by atoms with van der Waals surface area (Å²) in [5, 5.41) is 116. The molecule has 4 saturated carbocycles. The summed E-state index contributed by atoms with van der Waals surface area (Å²) in [4.78, 5) is 14.9. The molecular weight excluding hydrogens is 852 g/mol. The molecule has 3 heterocycles. The van der Waals surface area contributed by atoms with Crippen molar-refractivity contribution in [3.63, 3.8) is 0 Å². The molecule has 18 nitrogen and oxygen atoms in total. The summed E-state index contributed by atoms with van der Waals surface area (Å²) >= 11 is 0. The predicted octanol–water partition coefficient (Wildman–Crippen LogP) is -0.248. The van der Waals surface area contributed by atoms with Gasteiger partial charge in [0.1, 0.15) is 67.1 Å². The number of rotatable bonds is 9.